The average molecular weight is 168 g/mol. The summed E-state index contributed by atoms with van der Waals surface area (Å²) in [6.07, 6.45) is -2.94. The van der Waals surface area contributed by atoms with E-state index < -0.39 is 21.1 Å². The molecule has 0 aliphatic carbocycles. The number of rotatable bonds is 3. The molecule has 0 bridgehead atoms. The van der Waals surface area contributed by atoms with Crippen LogP contribution in [0.4, 0.5) is 0 Å². The van der Waals surface area contributed by atoms with Crippen LogP contribution in [0, 0.1) is 30.3 Å². The molecular formula is CH4N4O6. The van der Waals surface area contributed by atoms with Gasteiger partial charge in [0.05, 0.1) is 0 Å². The van der Waals surface area contributed by atoms with Crippen LogP contribution in [-0.2, 0) is 0 Å². The van der Waals surface area contributed by atoms with Gasteiger partial charge >= 0.3 is 6.29 Å². The minimum Gasteiger partial charge on any atom is -0.344 e. The minimum atomic E-state index is -2.94. The van der Waals surface area contributed by atoms with Crippen molar-refractivity contribution in [2.45, 2.75) is 6.29 Å². The molecule has 0 saturated carbocycles. The van der Waals surface area contributed by atoms with E-state index >= 15 is 0 Å². The third-order valence-electron chi connectivity index (χ3n) is 0.566. The minimum absolute atomic E-state index is 0. The van der Waals surface area contributed by atoms with E-state index in [4.69, 9.17) is 0 Å². The fraction of sp³-hybridized carbons (Fsp3) is 1.00. The predicted octanol–water partition coefficient (Wildman–Crippen LogP) is -0.738. The fourth-order valence-corrected chi connectivity index (χ4v) is 0.231. The summed E-state index contributed by atoms with van der Waals surface area (Å²) in [6.45, 7) is 0. The normalized spacial score (nSPS) is 8.45. The van der Waals surface area contributed by atoms with Gasteiger partial charge in [0.15, 0.2) is 14.8 Å². The standard InChI is InChI=1S/CHN3O6.H3N/c5-2(6)1(3(7)8)4(9)10;/h1H;1H3. The lowest BCUT2D eigenvalue weighted by Gasteiger charge is -1.90. The van der Waals surface area contributed by atoms with E-state index in [1.807, 2.05) is 0 Å². The Balaban J connectivity index is 0. The number of nitro groups is 3. The highest BCUT2D eigenvalue weighted by molar-refractivity contribution is 4.19. The van der Waals surface area contributed by atoms with Crippen LogP contribution in [0.2, 0.25) is 0 Å². The van der Waals surface area contributed by atoms with Crippen molar-refractivity contribution in [1.82, 2.24) is 6.15 Å². The molecule has 0 aromatic carbocycles. The molecule has 11 heavy (non-hydrogen) atoms. The van der Waals surface area contributed by atoms with Crippen molar-refractivity contribution >= 4 is 0 Å². The Labute approximate surface area is 58.8 Å². The van der Waals surface area contributed by atoms with E-state index in [1.165, 1.54) is 0 Å². The molecule has 0 amide bonds. The van der Waals surface area contributed by atoms with Crippen molar-refractivity contribution in [2.75, 3.05) is 0 Å². The Hall–Kier alpha value is -1.84. The van der Waals surface area contributed by atoms with Crippen LogP contribution >= 0.6 is 0 Å². The molecule has 0 aliphatic heterocycles. The second-order valence-corrected chi connectivity index (χ2v) is 1.20. The van der Waals surface area contributed by atoms with Gasteiger partial charge in [0.25, 0.3) is 0 Å². The SMILES string of the molecule is N.O=[N+]([O-])C([N+](=O)[O-])[N+](=O)[O-]. The second kappa shape index (κ2) is 4.05. The first-order valence-corrected chi connectivity index (χ1v) is 1.87. The molecule has 0 saturated heterocycles. The molecule has 0 aromatic heterocycles. The van der Waals surface area contributed by atoms with Gasteiger partial charge in [-0.15, -0.1) is 0 Å². The summed E-state index contributed by atoms with van der Waals surface area (Å²) in [7, 11) is 0. The third kappa shape index (κ3) is 3.00. The summed E-state index contributed by atoms with van der Waals surface area (Å²) in [5.74, 6) is 0. The fourth-order valence-electron chi connectivity index (χ4n) is 0.231. The molecule has 0 unspecified atom stereocenters. The lowest BCUT2D eigenvalue weighted by atomic mass is 10.9. The molecule has 0 rings (SSSR count). The maximum absolute atomic E-state index is 9.50. The van der Waals surface area contributed by atoms with E-state index in [0.29, 0.717) is 0 Å². The molecule has 0 aliphatic rings. The van der Waals surface area contributed by atoms with Crippen LogP contribution < -0.4 is 6.15 Å². The first kappa shape index (κ1) is 11.9. The van der Waals surface area contributed by atoms with Crippen molar-refractivity contribution in [3.8, 4) is 0 Å². The zero-order chi connectivity index (χ0) is 8.31. The molecule has 0 radical (unpaired) electrons. The maximum Gasteiger partial charge on any atom is 0.693 e. The molecule has 10 nitrogen and oxygen atoms in total. The average Bonchev–Trinajstić information content (AvgIpc) is 1.59. The second-order valence-electron chi connectivity index (χ2n) is 1.20. The van der Waals surface area contributed by atoms with Crippen LogP contribution in [0.1, 0.15) is 0 Å². The van der Waals surface area contributed by atoms with E-state index in [1.54, 1.807) is 0 Å². The van der Waals surface area contributed by atoms with Gasteiger partial charge < -0.3 is 6.15 Å². The zero-order valence-corrected chi connectivity index (χ0v) is 5.08. The molecule has 10 heteroatoms. The van der Waals surface area contributed by atoms with Gasteiger partial charge in [-0.1, -0.05) is 0 Å². The van der Waals surface area contributed by atoms with Gasteiger partial charge in [-0.25, -0.2) is 0 Å². The molecule has 3 N–H and O–H groups in total. The Bertz CT molecular complexity index is 154. The molecule has 64 valence electrons. The van der Waals surface area contributed by atoms with Crippen molar-refractivity contribution in [2.24, 2.45) is 0 Å². The molecule has 0 atom stereocenters. The molecule has 0 heterocycles. The summed E-state index contributed by atoms with van der Waals surface area (Å²) in [5, 5.41) is 28.5. The molecule has 0 aromatic rings. The highest BCUT2D eigenvalue weighted by Crippen LogP contribution is 1.90. The quantitative estimate of drug-likeness (QED) is 0.329. The highest BCUT2D eigenvalue weighted by atomic mass is 16.7. The maximum atomic E-state index is 9.50. The van der Waals surface area contributed by atoms with Crippen LogP contribution in [0.3, 0.4) is 0 Å². The number of hydrogen-bond donors (Lipinski definition) is 1. The summed E-state index contributed by atoms with van der Waals surface area (Å²) in [5.41, 5.74) is 0. The largest absolute Gasteiger partial charge is 0.693 e. The Morgan fingerprint density at radius 2 is 1.00 bits per heavy atom. The van der Waals surface area contributed by atoms with Crippen molar-refractivity contribution in [3.05, 3.63) is 30.3 Å². The van der Waals surface area contributed by atoms with Crippen molar-refractivity contribution in [3.63, 3.8) is 0 Å². The van der Waals surface area contributed by atoms with Crippen LogP contribution in [0.5, 0.6) is 0 Å². The lowest BCUT2D eigenvalue weighted by Crippen LogP contribution is -2.36. The van der Waals surface area contributed by atoms with Crippen LogP contribution in [0.25, 0.3) is 0 Å². The highest BCUT2D eigenvalue weighted by Gasteiger charge is 2.45. The third-order valence-corrected chi connectivity index (χ3v) is 0.566. The van der Waals surface area contributed by atoms with Crippen LogP contribution in [0.15, 0.2) is 0 Å². The summed E-state index contributed by atoms with van der Waals surface area (Å²) < 4.78 is 0. The summed E-state index contributed by atoms with van der Waals surface area (Å²) >= 11 is 0. The topological polar surface area (TPSA) is 164 Å². The van der Waals surface area contributed by atoms with Gasteiger partial charge in [0.2, 0.25) is 0 Å². The molecule has 0 spiro atoms. The van der Waals surface area contributed by atoms with Gasteiger partial charge in [0, 0.05) is 0 Å². The zero-order valence-electron chi connectivity index (χ0n) is 5.08. The van der Waals surface area contributed by atoms with Crippen LogP contribution in [-0.4, -0.2) is 21.1 Å². The van der Waals surface area contributed by atoms with E-state index in [0.717, 1.165) is 0 Å². The Morgan fingerprint density at radius 1 is 0.818 bits per heavy atom. The van der Waals surface area contributed by atoms with Gasteiger partial charge in [-0.2, -0.15) is 0 Å². The number of hydrogen-bond acceptors (Lipinski definition) is 7. The molecular weight excluding hydrogens is 164 g/mol. The number of nitrogens with zero attached hydrogens (tertiary/aromatic N) is 3. The smallest absolute Gasteiger partial charge is 0.344 e. The monoisotopic (exact) mass is 168 g/mol. The Kier molecular flexibility index (Phi) is 4.38. The first-order valence-electron chi connectivity index (χ1n) is 1.87. The summed E-state index contributed by atoms with van der Waals surface area (Å²) in [4.78, 5) is 23.8. The molecule has 0 fully saturated rings. The van der Waals surface area contributed by atoms with Crippen molar-refractivity contribution < 1.29 is 14.8 Å². The van der Waals surface area contributed by atoms with Gasteiger partial charge in [-0.3, -0.25) is 30.3 Å². The van der Waals surface area contributed by atoms with Crippen molar-refractivity contribution in [1.29, 1.82) is 0 Å². The Morgan fingerprint density at radius 3 is 1.00 bits per heavy atom. The predicted molar refractivity (Wildman–Crippen MR) is 29.8 cm³/mol. The lowest BCUT2D eigenvalue weighted by molar-refractivity contribution is -0.912. The van der Waals surface area contributed by atoms with Gasteiger partial charge in [-0.05, 0) is 0 Å². The summed E-state index contributed by atoms with van der Waals surface area (Å²) in [6, 6.07) is 0. The van der Waals surface area contributed by atoms with E-state index in [2.05, 4.69) is 0 Å². The first-order chi connectivity index (χ1) is 4.46. The van der Waals surface area contributed by atoms with E-state index in [9.17, 15) is 30.3 Å². The van der Waals surface area contributed by atoms with E-state index in [-0.39, 0.29) is 6.15 Å². The van der Waals surface area contributed by atoms with Gasteiger partial charge in [0.1, 0.15) is 0 Å².